The SMILES string of the molecule is CC(C)(O)Cn1ccc(NC(=O)[C@H](CC2CCC2)c2ccc(S(C)(=O)=O)c(Cl)c2)n1. The number of carbonyl (C=O) groups excluding carboxylic acids is 1. The third kappa shape index (κ3) is 5.83. The fraction of sp³-hybridized carbons (Fsp3) is 0.524. The number of nitrogens with one attached hydrogen (secondary N) is 1. The molecule has 1 amide bonds. The lowest BCUT2D eigenvalue weighted by Crippen LogP contribution is -2.27. The van der Waals surface area contributed by atoms with E-state index in [1.807, 2.05) is 0 Å². The molecule has 0 unspecified atom stereocenters. The Morgan fingerprint density at radius 2 is 2.07 bits per heavy atom. The topological polar surface area (TPSA) is 101 Å². The Hall–Kier alpha value is -1.90. The van der Waals surface area contributed by atoms with Crippen molar-refractivity contribution in [3.05, 3.63) is 41.0 Å². The Bertz CT molecular complexity index is 1020. The fourth-order valence-electron chi connectivity index (χ4n) is 3.62. The summed E-state index contributed by atoms with van der Waals surface area (Å²) in [5, 5.41) is 17.2. The molecule has 1 aromatic heterocycles. The Morgan fingerprint density at radius 3 is 2.60 bits per heavy atom. The summed E-state index contributed by atoms with van der Waals surface area (Å²) in [6, 6.07) is 6.39. The number of sulfone groups is 1. The molecule has 0 aliphatic heterocycles. The summed E-state index contributed by atoms with van der Waals surface area (Å²) in [6.07, 6.45) is 6.81. The number of aromatic nitrogens is 2. The van der Waals surface area contributed by atoms with Gasteiger partial charge in [0.1, 0.15) is 0 Å². The van der Waals surface area contributed by atoms with Crippen molar-refractivity contribution in [1.82, 2.24) is 9.78 Å². The van der Waals surface area contributed by atoms with Crippen LogP contribution < -0.4 is 5.32 Å². The molecule has 1 atom stereocenters. The second kappa shape index (κ2) is 8.69. The molecule has 1 aromatic carbocycles. The Balaban J connectivity index is 1.81. The number of benzene rings is 1. The normalized spacial score (nSPS) is 16.2. The van der Waals surface area contributed by atoms with Crippen molar-refractivity contribution in [2.24, 2.45) is 5.92 Å². The second-order valence-corrected chi connectivity index (χ2v) is 11.1. The summed E-state index contributed by atoms with van der Waals surface area (Å²) in [7, 11) is -3.44. The number of rotatable bonds is 8. The van der Waals surface area contributed by atoms with Crippen LogP contribution in [0.15, 0.2) is 35.4 Å². The molecule has 1 heterocycles. The van der Waals surface area contributed by atoms with Crippen LogP contribution in [0, 0.1) is 5.92 Å². The summed E-state index contributed by atoms with van der Waals surface area (Å²) >= 11 is 6.22. The molecule has 164 valence electrons. The first-order valence-electron chi connectivity index (χ1n) is 9.98. The molecular formula is C21H28ClN3O4S. The minimum atomic E-state index is -3.44. The minimum absolute atomic E-state index is 0.0566. The summed E-state index contributed by atoms with van der Waals surface area (Å²) in [6.45, 7) is 3.67. The molecule has 0 radical (unpaired) electrons. The lowest BCUT2D eigenvalue weighted by Gasteiger charge is -2.29. The molecule has 3 rings (SSSR count). The molecule has 9 heteroatoms. The molecule has 0 spiro atoms. The maximum absolute atomic E-state index is 13.1. The van der Waals surface area contributed by atoms with Gasteiger partial charge < -0.3 is 10.4 Å². The molecule has 1 saturated carbocycles. The van der Waals surface area contributed by atoms with Gasteiger partial charge in [-0.05, 0) is 43.9 Å². The summed E-state index contributed by atoms with van der Waals surface area (Å²) < 4.78 is 25.3. The van der Waals surface area contributed by atoms with Crippen LogP contribution in [0.5, 0.6) is 0 Å². The number of halogens is 1. The Morgan fingerprint density at radius 1 is 1.37 bits per heavy atom. The van der Waals surface area contributed by atoms with Crippen molar-refractivity contribution in [3.8, 4) is 0 Å². The maximum Gasteiger partial charge on any atom is 0.233 e. The second-order valence-electron chi connectivity index (χ2n) is 8.75. The quantitative estimate of drug-likeness (QED) is 0.635. The van der Waals surface area contributed by atoms with Gasteiger partial charge in [0.2, 0.25) is 5.91 Å². The van der Waals surface area contributed by atoms with E-state index in [1.165, 1.54) is 6.07 Å². The molecule has 2 N–H and O–H groups in total. The number of amides is 1. The first-order valence-corrected chi connectivity index (χ1v) is 12.3. The van der Waals surface area contributed by atoms with Crippen LogP contribution in [0.4, 0.5) is 5.82 Å². The Kier molecular flexibility index (Phi) is 6.60. The van der Waals surface area contributed by atoms with E-state index in [-0.39, 0.29) is 15.8 Å². The highest BCUT2D eigenvalue weighted by Gasteiger charge is 2.29. The largest absolute Gasteiger partial charge is 0.389 e. The smallest absolute Gasteiger partial charge is 0.233 e. The summed E-state index contributed by atoms with van der Waals surface area (Å²) in [5.74, 6) is 0.197. The van der Waals surface area contributed by atoms with Crippen LogP contribution in [0.3, 0.4) is 0 Å². The number of carbonyl (C=O) groups is 1. The Labute approximate surface area is 182 Å². The molecule has 1 fully saturated rings. The van der Waals surface area contributed by atoms with Gasteiger partial charge in [-0.15, -0.1) is 0 Å². The van der Waals surface area contributed by atoms with E-state index in [1.54, 1.807) is 42.9 Å². The highest BCUT2D eigenvalue weighted by molar-refractivity contribution is 7.90. The zero-order valence-electron chi connectivity index (χ0n) is 17.4. The van der Waals surface area contributed by atoms with Gasteiger partial charge in [0, 0.05) is 18.5 Å². The highest BCUT2D eigenvalue weighted by atomic mass is 35.5. The standard InChI is InChI=1S/C21H28ClN3O4S/c1-21(2,27)13-25-10-9-19(24-25)23-20(26)16(11-14-5-4-6-14)15-7-8-18(17(22)12-15)30(3,28)29/h7-10,12,14,16,27H,4-6,11,13H2,1-3H3,(H,23,24,26)/t16-/m1/s1. The number of aliphatic hydroxyl groups is 1. The minimum Gasteiger partial charge on any atom is -0.389 e. The molecule has 2 aromatic rings. The van der Waals surface area contributed by atoms with Gasteiger partial charge in [-0.3, -0.25) is 9.48 Å². The zero-order valence-corrected chi connectivity index (χ0v) is 19.0. The molecular weight excluding hydrogens is 426 g/mol. The number of nitrogens with zero attached hydrogens (tertiary/aromatic N) is 2. The van der Waals surface area contributed by atoms with E-state index < -0.39 is 21.4 Å². The van der Waals surface area contributed by atoms with Crippen LogP contribution >= 0.6 is 11.6 Å². The first kappa shape index (κ1) is 22.8. The maximum atomic E-state index is 13.1. The van der Waals surface area contributed by atoms with Gasteiger partial charge >= 0.3 is 0 Å². The monoisotopic (exact) mass is 453 g/mol. The molecule has 7 nitrogen and oxygen atoms in total. The van der Waals surface area contributed by atoms with Crippen molar-refractivity contribution in [2.45, 2.75) is 62.5 Å². The van der Waals surface area contributed by atoms with Crippen LogP contribution in [-0.2, 0) is 21.2 Å². The van der Waals surface area contributed by atoms with Crippen molar-refractivity contribution >= 4 is 33.2 Å². The van der Waals surface area contributed by atoms with Crippen LogP contribution in [-0.4, -0.2) is 41.1 Å². The predicted molar refractivity (Wildman–Crippen MR) is 116 cm³/mol. The molecule has 0 bridgehead atoms. The van der Waals surface area contributed by atoms with Crippen molar-refractivity contribution in [1.29, 1.82) is 0 Å². The van der Waals surface area contributed by atoms with E-state index in [9.17, 15) is 18.3 Å². The summed E-state index contributed by atoms with van der Waals surface area (Å²) in [5.41, 5.74) is -0.231. The van der Waals surface area contributed by atoms with Crippen molar-refractivity contribution in [3.63, 3.8) is 0 Å². The molecule has 1 aliphatic carbocycles. The predicted octanol–water partition coefficient (Wildman–Crippen LogP) is 3.62. The van der Waals surface area contributed by atoms with Gasteiger partial charge in [0.15, 0.2) is 15.7 Å². The number of anilines is 1. The lowest BCUT2D eigenvalue weighted by atomic mass is 9.77. The third-order valence-electron chi connectivity index (χ3n) is 5.31. The van der Waals surface area contributed by atoms with Gasteiger partial charge in [0.05, 0.1) is 28.0 Å². The molecule has 30 heavy (non-hydrogen) atoms. The van der Waals surface area contributed by atoms with Gasteiger partial charge in [-0.1, -0.05) is 36.9 Å². The van der Waals surface area contributed by atoms with E-state index >= 15 is 0 Å². The van der Waals surface area contributed by atoms with E-state index in [0.717, 1.165) is 25.5 Å². The molecule has 1 aliphatic rings. The van der Waals surface area contributed by atoms with Gasteiger partial charge in [-0.2, -0.15) is 5.10 Å². The number of hydrogen-bond donors (Lipinski definition) is 2. The average molecular weight is 454 g/mol. The average Bonchev–Trinajstić information content (AvgIpc) is 2.97. The van der Waals surface area contributed by atoms with Crippen LogP contribution in [0.25, 0.3) is 0 Å². The van der Waals surface area contributed by atoms with E-state index in [0.29, 0.717) is 30.3 Å². The van der Waals surface area contributed by atoms with E-state index in [2.05, 4.69) is 10.4 Å². The van der Waals surface area contributed by atoms with Crippen LogP contribution in [0.1, 0.15) is 51.0 Å². The van der Waals surface area contributed by atoms with Crippen LogP contribution in [0.2, 0.25) is 5.02 Å². The highest BCUT2D eigenvalue weighted by Crippen LogP contribution is 2.37. The number of hydrogen-bond acceptors (Lipinski definition) is 5. The lowest BCUT2D eigenvalue weighted by molar-refractivity contribution is -0.118. The fourth-order valence-corrected chi connectivity index (χ4v) is 4.95. The van der Waals surface area contributed by atoms with Crippen molar-refractivity contribution < 1.29 is 18.3 Å². The van der Waals surface area contributed by atoms with Gasteiger partial charge in [-0.25, -0.2) is 8.42 Å². The van der Waals surface area contributed by atoms with Gasteiger partial charge in [0.25, 0.3) is 0 Å². The third-order valence-corrected chi connectivity index (χ3v) is 6.89. The van der Waals surface area contributed by atoms with Crippen molar-refractivity contribution in [2.75, 3.05) is 11.6 Å². The first-order chi connectivity index (χ1) is 13.9. The zero-order chi connectivity index (χ0) is 22.1. The molecule has 0 saturated heterocycles. The van der Waals surface area contributed by atoms with E-state index in [4.69, 9.17) is 11.6 Å². The summed E-state index contributed by atoms with van der Waals surface area (Å²) in [4.78, 5) is 13.2.